The molecule has 142 valence electrons. The van der Waals surface area contributed by atoms with Crippen LogP contribution < -0.4 is 9.47 Å². The third-order valence-corrected chi connectivity index (χ3v) is 3.83. The minimum atomic E-state index is -0.742. The largest absolute Gasteiger partial charge is 0.493 e. The maximum atomic E-state index is 12.3. The number of carbonyl (C=O) groups excluding carboxylic acids is 1. The van der Waals surface area contributed by atoms with Crippen molar-refractivity contribution in [3.05, 3.63) is 74.8 Å². The van der Waals surface area contributed by atoms with Crippen molar-refractivity contribution in [3.63, 3.8) is 0 Å². The average Bonchev–Trinajstić information content (AvgIpc) is 3.12. The zero-order chi connectivity index (χ0) is 20.1. The van der Waals surface area contributed by atoms with Gasteiger partial charge in [-0.05, 0) is 42.0 Å². The maximum Gasteiger partial charge on any atom is 0.343 e. The summed E-state index contributed by atoms with van der Waals surface area (Å²) in [5.41, 5.74) is 0.511. The highest BCUT2D eigenvalue weighted by atomic mass is 32.1. The van der Waals surface area contributed by atoms with E-state index in [9.17, 15) is 14.9 Å². The second-order valence-electron chi connectivity index (χ2n) is 5.36. The number of rotatable bonds is 6. The van der Waals surface area contributed by atoms with E-state index in [2.05, 4.69) is 15.3 Å². The quantitative estimate of drug-likeness (QED) is 0.169. The Hall–Kier alpha value is -3.86. The van der Waals surface area contributed by atoms with Crippen molar-refractivity contribution in [1.29, 1.82) is 0 Å². The Kier molecular flexibility index (Phi) is 5.56. The number of aromatic nitrogens is 3. The molecular formula is C17H13N5O5S. The summed E-state index contributed by atoms with van der Waals surface area (Å²) in [7, 11) is 1.42. The van der Waals surface area contributed by atoms with Gasteiger partial charge in [-0.1, -0.05) is 6.07 Å². The summed E-state index contributed by atoms with van der Waals surface area (Å²) in [4.78, 5) is 22.6. The minimum absolute atomic E-state index is 0.0521. The molecule has 1 N–H and O–H groups in total. The number of esters is 1. The highest BCUT2D eigenvalue weighted by Crippen LogP contribution is 2.28. The molecule has 0 aliphatic heterocycles. The topological polar surface area (TPSA) is 125 Å². The van der Waals surface area contributed by atoms with E-state index in [1.807, 2.05) is 0 Å². The number of methoxy groups -OCH3 is 1. The fourth-order valence-electron chi connectivity index (χ4n) is 2.21. The number of carbonyl (C=O) groups is 1. The fraction of sp³-hybridized carbons (Fsp3) is 0.0588. The normalized spacial score (nSPS) is 10.8. The highest BCUT2D eigenvalue weighted by Gasteiger charge is 2.16. The molecule has 10 nitrogen and oxygen atoms in total. The number of hydrogen-bond donors (Lipinski definition) is 1. The molecule has 0 saturated heterocycles. The number of non-ortho nitro benzene ring substituents is 1. The lowest BCUT2D eigenvalue weighted by atomic mass is 10.2. The SMILES string of the molecule is COc1cc(/C=N/n2cn[nH]c2=S)ccc1OC(=O)c1cccc([N+](=O)[O-])c1. The van der Waals surface area contributed by atoms with Crippen molar-refractivity contribution in [2.24, 2.45) is 5.10 Å². The molecule has 0 unspecified atom stereocenters. The van der Waals surface area contributed by atoms with E-state index in [0.717, 1.165) is 6.07 Å². The van der Waals surface area contributed by atoms with E-state index < -0.39 is 10.9 Å². The van der Waals surface area contributed by atoms with Crippen LogP contribution in [0, 0.1) is 14.9 Å². The third kappa shape index (κ3) is 4.27. The predicted octanol–water partition coefficient (Wildman–Crippen LogP) is 2.96. The van der Waals surface area contributed by atoms with Crippen LogP contribution in [0.5, 0.6) is 11.5 Å². The molecule has 0 saturated carbocycles. The molecule has 0 amide bonds. The smallest absolute Gasteiger partial charge is 0.343 e. The summed E-state index contributed by atoms with van der Waals surface area (Å²) in [6.07, 6.45) is 2.95. The number of nitrogens with zero attached hydrogens (tertiary/aromatic N) is 4. The Morgan fingerprint density at radius 3 is 2.82 bits per heavy atom. The van der Waals surface area contributed by atoms with Crippen molar-refractivity contribution >= 4 is 30.1 Å². The average molecular weight is 399 g/mol. The molecule has 0 atom stereocenters. The fourth-order valence-corrected chi connectivity index (χ4v) is 2.35. The van der Waals surface area contributed by atoms with Gasteiger partial charge in [0.25, 0.3) is 5.69 Å². The van der Waals surface area contributed by atoms with Gasteiger partial charge in [0.1, 0.15) is 6.33 Å². The van der Waals surface area contributed by atoms with Gasteiger partial charge in [-0.3, -0.25) is 15.2 Å². The van der Waals surface area contributed by atoms with Crippen molar-refractivity contribution in [2.75, 3.05) is 7.11 Å². The second-order valence-corrected chi connectivity index (χ2v) is 5.74. The molecule has 0 aliphatic rings. The lowest BCUT2D eigenvalue weighted by molar-refractivity contribution is -0.384. The van der Waals surface area contributed by atoms with E-state index in [1.165, 1.54) is 48.6 Å². The van der Waals surface area contributed by atoms with Crippen LogP contribution in [0.1, 0.15) is 15.9 Å². The van der Waals surface area contributed by atoms with Crippen LogP contribution in [-0.2, 0) is 0 Å². The van der Waals surface area contributed by atoms with Gasteiger partial charge in [0.05, 0.1) is 23.8 Å². The number of nitro benzene ring substituents is 1. The highest BCUT2D eigenvalue weighted by molar-refractivity contribution is 7.71. The number of H-pyrrole nitrogens is 1. The molecular weight excluding hydrogens is 386 g/mol. The number of hydrogen-bond acceptors (Lipinski definition) is 8. The number of benzene rings is 2. The number of nitrogens with one attached hydrogen (secondary N) is 1. The van der Waals surface area contributed by atoms with Gasteiger partial charge in [-0.25, -0.2) is 4.79 Å². The monoisotopic (exact) mass is 399 g/mol. The van der Waals surface area contributed by atoms with E-state index in [-0.39, 0.29) is 17.0 Å². The molecule has 0 bridgehead atoms. The maximum absolute atomic E-state index is 12.3. The number of aromatic amines is 1. The molecule has 1 heterocycles. The molecule has 2 aromatic carbocycles. The van der Waals surface area contributed by atoms with Gasteiger partial charge in [0.15, 0.2) is 11.5 Å². The molecule has 1 aromatic heterocycles. The van der Waals surface area contributed by atoms with Gasteiger partial charge < -0.3 is 9.47 Å². The molecule has 0 spiro atoms. The summed E-state index contributed by atoms with van der Waals surface area (Å²) in [5.74, 6) is -0.289. The van der Waals surface area contributed by atoms with Crippen molar-refractivity contribution in [2.45, 2.75) is 0 Å². The molecule has 3 rings (SSSR count). The summed E-state index contributed by atoms with van der Waals surface area (Å²) in [6.45, 7) is 0. The Labute approximate surface area is 163 Å². The van der Waals surface area contributed by atoms with Crippen LogP contribution in [0.15, 0.2) is 53.9 Å². The molecule has 0 fully saturated rings. The Morgan fingerprint density at radius 1 is 1.32 bits per heavy atom. The predicted molar refractivity (Wildman–Crippen MR) is 101 cm³/mol. The summed E-state index contributed by atoms with van der Waals surface area (Å²) < 4.78 is 12.3. The van der Waals surface area contributed by atoms with Crippen LogP contribution in [0.4, 0.5) is 5.69 Å². The van der Waals surface area contributed by atoms with Crippen molar-refractivity contribution in [1.82, 2.24) is 14.9 Å². The van der Waals surface area contributed by atoms with Crippen molar-refractivity contribution in [3.8, 4) is 11.5 Å². The Bertz CT molecular complexity index is 1120. The van der Waals surface area contributed by atoms with Gasteiger partial charge in [0, 0.05) is 12.1 Å². The van der Waals surface area contributed by atoms with E-state index in [4.69, 9.17) is 21.7 Å². The standard InChI is InChI=1S/C17H13N5O5S/c1-26-15-7-11(9-19-21-10-18-20-17(21)28)5-6-14(15)27-16(23)12-3-2-4-13(8-12)22(24)25/h2-10H,1H3,(H,20,28)/b19-9+. The lowest BCUT2D eigenvalue weighted by Crippen LogP contribution is -2.09. The van der Waals surface area contributed by atoms with Gasteiger partial charge in [-0.2, -0.15) is 14.9 Å². The summed E-state index contributed by atoms with van der Waals surface area (Å²) in [5, 5.41) is 21.3. The summed E-state index contributed by atoms with van der Waals surface area (Å²) >= 11 is 5.00. The molecule has 3 aromatic rings. The molecule has 11 heteroatoms. The molecule has 28 heavy (non-hydrogen) atoms. The van der Waals surface area contributed by atoms with Crippen LogP contribution in [-0.4, -0.2) is 39.1 Å². The zero-order valence-corrected chi connectivity index (χ0v) is 15.3. The summed E-state index contributed by atoms with van der Waals surface area (Å²) in [6, 6.07) is 10.1. The first kappa shape index (κ1) is 18.9. The minimum Gasteiger partial charge on any atom is -0.493 e. The van der Waals surface area contributed by atoms with Crippen LogP contribution in [0.25, 0.3) is 0 Å². The molecule has 0 aliphatic carbocycles. The third-order valence-electron chi connectivity index (χ3n) is 3.55. The van der Waals surface area contributed by atoms with E-state index in [1.54, 1.807) is 12.1 Å². The van der Waals surface area contributed by atoms with Crippen molar-refractivity contribution < 1.29 is 19.2 Å². The first-order valence-corrected chi connectivity index (χ1v) is 8.20. The number of nitro groups is 1. The zero-order valence-electron chi connectivity index (χ0n) is 14.4. The van der Waals surface area contributed by atoms with Gasteiger partial charge >= 0.3 is 5.97 Å². The second kappa shape index (κ2) is 8.22. The lowest BCUT2D eigenvalue weighted by Gasteiger charge is -2.10. The molecule has 0 radical (unpaired) electrons. The van der Waals surface area contributed by atoms with Crippen LogP contribution >= 0.6 is 12.2 Å². The van der Waals surface area contributed by atoms with Crippen LogP contribution in [0.2, 0.25) is 0 Å². The van der Waals surface area contributed by atoms with Gasteiger partial charge in [-0.15, -0.1) is 0 Å². The Morgan fingerprint density at radius 2 is 2.14 bits per heavy atom. The first-order chi connectivity index (χ1) is 13.5. The number of ether oxygens (including phenoxy) is 2. The van der Waals surface area contributed by atoms with Crippen LogP contribution in [0.3, 0.4) is 0 Å². The van der Waals surface area contributed by atoms with E-state index in [0.29, 0.717) is 16.1 Å². The Balaban J connectivity index is 1.81. The first-order valence-electron chi connectivity index (χ1n) is 7.79. The van der Waals surface area contributed by atoms with Gasteiger partial charge in [0.2, 0.25) is 4.77 Å². The van der Waals surface area contributed by atoms with E-state index >= 15 is 0 Å².